The third kappa shape index (κ3) is 2.61. The number of nitrogen functional groups attached to an aromatic ring is 2. The summed E-state index contributed by atoms with van der Waals surface area (Å²) in [5.41, 5.74) is 13.1. The molecule has 2 atom stereocenters. The van der Waals surface area contributed by atoms with Crippen molar-refractivity contribution in [2.24, 2.45) is 0 Å². The Kier molecular flexibility index (Phi) is 4.15. The molecule has 0 saturated carbocycles. The van der Waals surface area contributed by atoms with Gasteiger partial charge in [0, 0.05) is 12.5 Å². The van der Waals surface area contributed by atoms with Crippen LogP contribution in [-0.4, -0.2) is 26.1 Å². The van der Waals surface area contributed by atoms with Crippen LogP contribution in [0.4, 0.5) is 11.8 Å². The number of hydrogen-bond donors (Lipinski definition) is 2. The Morgan fingerprint density at radius 3 is 2.77 bits per heavy atom. The van der Waals surface area contributed by atoms with Crippen molar-refractivity contribution in [1.29, 1.82) is 0 Å². The van der Waals surface area contributed by atoms with E-state index in [1.807, 2.05) is 0 Å². The maximum absolute atomic E-state index is 6.00. The number of ether oxygens (including phenoxy) is 1. The number of nitrogens with two attached hydrogens (primary N) is 2. The molecule has 7 heteroatoms. The van der Waals surface area contributed by atoms with E-state index < -0.39 is 0 Å². The Morgan fingerprint density at radius 2 is 2.09 bits per heavy atom. The van der Waals surface area contributed by atoms with Crippen molar-refractivity contribution in [2.45, 2.75) is 58.1 Å². The zero-order chi connectivity index (χ0) is 15.7. The molecular formula is C15H24N6O. The Hall–Kier alpha value is -1.89. The summed E-state index contributed by atoms with van der Waals surface area (Å²) in [6.07, 6.45) is 5.31. The van der Waals surface area contributed by atoms with Crippen molar-refractivity contribution in [1.82, 2.24) is 19.5 Å². The highest BCUT2D eigenvalue weighted by molar-refractivity contribution is 5.83. The van der Waals surface area contributed by atoms with Gasteiger partial charge in [0.25, 0.3) is 0 Å². The molecule has 1 aliphatic rings. The fourth-order valence-corrected chi connectivity index (χ4v) is 3.15. The van der Waals surface area contributed by atoms with Gasteiger partial charge in [0.2, 0.25) is 5.95 Å². The summed E-state index contributed by atoms with van der Waals surface area (Å²) in [5, 5.41) is 0. The van der Waals surface area contributed by atoms with Crippen LogP contribution in [0.25, 0.3) is 11.2 Å². The minimum atomic E-state index is -0.0400. The van der Waals surface area contributed by atoms with Crippen LogP contribution in [0.2, 0.25) is 0 Å². The number of anilines is 2. The summed E-state index contributed by atoms with van der Waals surface area (Å²) in [6, 6.07) is 0. The second kappa shape index (κ2) is 6.08. The molecule has 2 aromatic rings. The maximum Gasteiger partial charge on any atom is 0.224 e. The molecule has 0 bridgehead atoms. The predicted molar refractivity (Wildman–Crippen MR) is 86.3 cm³/mol. The maximum atomic E-state index is 6.00. The number of aromatic nitrogens is 4. The molecule has 0 aliphatic carbocycles. The van der Waals surface area contributed by atoms with Gasteiger partial charge in [0.05, 0.1) is 0 Å². The number of imidazole rings is 1. The van der Waals surface area contributed by atoms with Gasteiger partial charge in [-0.25, -0.2) is 4.98 Å². The van der Waals surface area contributed by atoms with Crippen LogP contribution in [-0.2, 0) is 4.74 Å². The molecule has 3 heterocycles. The van der Waals surface area contributed by atoms with Gasteiger partial charge in [-0.1, -0.05) is 20.3 Å². The van der Waals surface area contributed by atoms with Crippen molar-refractivity contribution < 1.29 is 4.74 Å². The van der Waals surface area contributed by atoms with E-state index in [4.69, 9.17) is 21.2 Å². The zero-order valence-corrected chi connectivity index (χ0v) is 13.2. The van der Waals surface area contributed by atoms with Gasteiger partial charge in [0.15, 0.2) is 17.0 Å². The topological polar surface area (TPSA) is 105 Å². The third-order valence-corrected chi connectivity index (χ3v) is 4.22. The molecular weight excluding hydrogens is 280 g/mol. The highest BCUT2D eigenvalue weighted by Crippen LogP contribution is 2.33. The van der Waals surface area contributed by atoms with E-state index in [0.29, 0.717) is 22.9 Å². The van der Waals surface area contributed by atoms with Crippen molar-refractivity contribution in [2.75, 3.05) is 18.1 Å². The van der Waals surface area contributed by atoms with Gasteiger partial charge in [-0.05, 0) is 25.7 Å². The first-order valence-electron chi connectivity index (χ1n) is 8.04. The number of hydrogen-bond acceptors (Lipinski definition) is 6. The molecule has 1 unspecified atom stereocenters. The molecule has 2 aromatic heterocycles. The number of rotatable bonds is 4. The van der Waals surface area contributed by atoms with Crippen LogP contribution in [0.5, 0.6) is 0 Å². The van der Waals surface area contributed by atoms with Gasteiger partial charge in [-0.3, -0.25) is 4.57 Å². The summed E-state index contributed by atoms with van der Waals surface area (Å²) in [6.45, 7) is 5.12. The molecule has 1 aliphatic heterocycles. The SMILES string of the molecule is CCC[C@H](C)c1nc2c(N)nc(N)nc2n1C1CCCCO1. The van der Waals surface area contributed by atoms with E-state index >= 15 is 0 Å². The number of fused-ring (bicyclic) bond motifs is 1. The highest BCUT2D eigenvalue weighted by Gasteiger charge is 2.26. The molecule has 0 amide bonds. The Bertz CT molecular complexity index is 662. The van der Waals surface area contributed by atoms with E-state index in [1.165, 1.54) is 0 Å². The smallest absolute Gasteiger partial charge is 0.224 e. The second-order valence-electron chi connectivity index (χ2n) is 5.99. The van der Waals surface area contributed by atoms with Crippen molar-refractivity contribution in [3.05, 3.63) is 5.82 Å². The first-order valence-corrected chi connectivity index (χ1v) is 8.04. The lowest BCUT2D eigenvalue weighted by molar-refractivity contribution is -0.0318. The summed E-state index contributed by atoms with van der Waals surface area (Å²) in [4.78, 5) is 13.1. The molecule has 120 valence electrons. The lowest BCUT2D eigenvalue weighted by Crippen LogP contribution is -2.21. The second-order valence-corrected chi connectivity index (χ2v) is 5.99. The third-order valence-electron chi connectivity index (χ3n) is 4.22. The van der Waals surface area contributed by atoms with Crippen LogP contribution in [0.15, 0.2) is 0 Å². The van der Waals surface area contributed by atoms with E-state index in [1.54, 1.807) is 0 Å². The Labute approximate surface area is 130 Å². The van der Waals surface area contributed by atoms with Crippen molar-refractivity contribution in [3.63, 3.8) is 0 Å². The summed E-state index contributed by atoms with van der Waals surface area (Å²) >= 11 is 0. The van der Waals surface area contributed by atoms with Gasteiger partial charge < -0.3 is 16.2 Å². The van der Waals surface area contributed by atoms with Crippen molar-refractivity contribution >= 4 is 22.9 Å². The molecule has 0 aromatic carbocycles. The van der Waals surface area contributed by atoms with Gasteiger partial charge in [-0.15, -0.1) is 0 Å². The van der Waals surface area contributed by atoms with E-state index in [0.717, 1.165) is 44.5 Å². The van der Waals surface area contributed by atoms with E-state index in [-0.39, 0.29) is 12.2 Å². The van der Waals surface area contributed by atoms with Gasteiger partial charge >= 0.3 is 0 Å². The zero-order valence-electron chi connectivity index (χ0n) is 13.2. The largest absolute Gasteiger partial charge is 0.382 e. The van der Waals surface area contributed by atoms with Crippen molar-refractivity contribution in [3.8, 4) is 0 Å². The lowest BCUT2D eigenvalue weighted by atomic mass is 10.1. The Morgan fingerprint density at radius 1 is 1.27 bits per heavy atom. The summed E-state index contributed by atoms with van der Waals surface area (Å²) in [5.74, 6) is 1.79. The lowest BCUT2D eigenvalue weighted by Gasteiger charge is -2.26. The predicted octanol–water partition coefficient (Wildman–Crippen LogP) is 2.59. The Balaban J connectivity index is 2.17. The fraction of sp³-hybridized carbons (Fsp3) is 0.667. The minimum absolute atomic E-state index is 0.0400. The average molecular weight is 304 g/mol. The monoisotopic (exact) mass is 304 g/mol. The van der Waals surface area contributed by atoms with Crippen LogP contribution in [0.3, 0.4) is 0 Å². The molecule has 7 nitrogen and oxygen atoms in total. The van der Waals surface area contributed by atoms with Gasteiger partial charge in [0.1, 0.15) is 12.1 Å². The van der Waals surface area contributed by atoms with Crippen LogP contribution >= 0.6 is 0 Å². The van der Waals surface area contributed by atoms with Crippen LogP contribution in [0, 0.1) is 0 Å². The molecule has 0 radical (unpaired) electrons. The first-order chi connectivity index (χ1) is 10.6. The van der Waals surface area contributed by atoms with Crippen LogP contribution in [0.1, 0.15) is 63.9 Å². The summed E-state index contributed by atoms with van der Waals surface area (Å²) < 4.78 is 8.05. The molecule has 22 heavy (non-hydrogen) atoms. The standard InChI is InChI=1S/C15H24N6O/c1-3-6-9(2)13-18-11-12(16)19-15(17)20-14(11)21(13)10-7-4-5-8-22-10/h9-10H,3-8H2,1-2H3,(H4,16,17,19,20)/t9-,10?/m0/s1. The molecule has 3 rings (SSSR count). The molecule has 4 N–H and O–H groups in total. The quantitative estimate of drug-likeness (QED) is 0.899. The minimum Gasteiger partial charge on any atom is -0.382 e. The normalized spacial score (nSPS) is 20.4. The molecule has 1 saturated heterocycles. The van der Waals surface area contributed by atoms with E-state index in [9.17, 15) is 0 Å². The number of nitrogens with zero attached hydrogens (tertiary/aromatic N) is 4. The highest BCUT2D eigenvalue weighted by atomic mass is 16.5. The molecule has 0 spiro atoms. The van der Waals surface area contributed by atoms with Crippen LogP contribution < -0.4 is 11.5 Å². The van der Waals surface area contributed by atoms with Gasteiger partial charge in [-0.2, -0.15) is 9.97 Å². The first kappa shape index (κ1) is 15.0. The van der Waals surface area contributed by atoms with E-state index in [2.05, 4.69) is 28.4 Å². The average Bonchev–Trinajstić information content (AvgIpc) is 2.88. The summed E-state index contributed by atoms with van der Waals surface area (Å²) in [7, 11) is 0. The fourth-order valence-electron chi connectivity index (χ4n) is 3.15. The molecule has 1 fully saturated rings.